The van der Waals surface area contributed by atoms with E-state index in [0.717, 1.165) is 26.1 Å². The van der Waals surface area contributed by atoms with Crippen molar-refractivity contribution < 1.29 is 9.84 Å². The van der Waals surface area contributed by atoms with Crippen LogP contribution in [-0.4, -0.2) is 59.5 Å². The van der Waals surface area contributed by atoms with Gasteiger partial charge in [0.15, 0.2) is 0 Å². The second-order valence-corrected chi connectivity index (χ2v) is 6.45. The number of hydrogen-bond acceptors (Lipinski definition) is 4. The molecule has 0 spiro atoms. The fraction of sp³-hybridized carbons (Fsp3) is 1.00. The standard InChI is InChI=1S/C13H26N2O2/c1-9(17-13(2,3)4)12-8-15-7-11(16)5-10(15)6-14-12/h9-12,14,16H,5-8H2,1-4H3/t9-,10+,11-,12-/m1/s1. The molecule has 4 nitrogen and oxygen atoms in total. The highest BCUT2D eigenvalue weighted by molar-refractivity contribution is 4.95. The van der Waals surface area contributed by atoms with Gasteiger partial charge in [-0.3, -0.25) is 4.90 Å². The Bertz CT molecular complexity index is 265. The Labute approximate surface area is 104 Å². The minimum atomic E-state index is -0.139. The van der Waals surface area contributed by atoms with Gasteiger partial charge in [-0.25, -0.2) is 0 Å². The first-order chi connectivity index (χ1) is 7.85. The molecule has 0 amide bonds. The van der Waals surface area contributed by atoms with Crippen molar-refractivity contribution in [2.24, 2.45) is 0 Å². The van der Waals surface area contributed by atoms with Gasteiger partial charge in [-0.05, 0) is 34.1 Å². The van der Waals surface area contributed by atoms with Crippen molar-refractivity contribution in [3.05, 3.63) is 0 Å². The summed E-state index contributed by atoms with van der Waals surface area (Å²) in [6.45, 7) is 11.2. The van der Waals surface area contributed by atoms with Gasteiger partial charge in [-0.2, -0.15) is 0 Å². The lowest BCUT2D eigenvalue weighted by molar-refractivity contribution is -0.0756. The van der Waals surface area contributed by atoms with E-state index in [9.17, 15) is 5.11 Å². The van der Waals surface area contributed by atoms with E-state index in [1.807, 2.05) is 0 Å². The predicted octanol–water partition coefficient (Wildman–Crippen LogP) is 0.597. The van der Waals surface area contributed by atoms with Crippen LogP contribution in [0.1, 0.15) is 34.1 Å². The van der Waals surface area contributed by atoms with Crippen LogP contribution in [0.4, 0.5) is 0 Å². The van der Waals surface area contributed by atoms with Crippen LogP contribution in [0, 0.1) is 0 Å². The summed E-state index contributed by atoms with van der Waals surface area (Å²) in [4.78, 5) is 2.40. The predicted molar refractivity (Wildman–Crippen MR) is 68.1 cm³/mol. The van der Waals surface area contributed by atoms with Gasteiger partial charge >= 0.3 is 0 Å². The number of aliphatic hydroxyl groups is 1. The normalized spacial score (nSPS) is 36.9. The summed E-state index contributed by atoms with van der Waals surface area (Å²) in [6, 6.07) is 0.888. The van der Waals surface area contributed by atoms with Gasteiger partial charge in [0.2, 0.25) is 0 Å². The Morgan fingerprint density at radius 1 is 1.35 bits per heavy atom. The first kappa shape index (κ1) is 13.3. The van der Waals surface area contributed by atoms with Crippen LogP contribution >= 0.6 is 0 Å². The minimum Gasteiger partial charge on any atom is -0.392 e. The van der Waals surface area contributed by atoms with E-state index >= 15 is 0 Å². The Morgan fingerprint density at radius 2 is 2.06 bits per heavy atom. The Hall–Kier alpha value is -0.160. The van der Waals surface area contributed by atoms with E-state index in [-0.39, 0.29) is 17.8 Å². The molecule has 100 valence electrons. The highest BCUT2D eigenvalue weighted by Gasteiger charge is 2.37. The SMILES string of the molecule is C[C@@H](OC(C)(C)C)[C@H]1CN2C[C@H](O)C[C@H]2CN1. The largest absolute Gasteiger partial charge is 0.392 e. The van der Waals surface area contributed by atoms with Crippen molar-refractivity contribution in [3.8, 4) is 0 Å². The van der Waals surface area contributed by atoms with Gasteiger partial charge in [0.25, 0.3) is 0 Å². The number of nitrogens with zero attached hydrogens (tertiary/aromatic N) is 1. The number of aliphatic hydroxyl groups excluding tert-OH is 1. The summed E-state index contributed by atoms with van der Waals surface area (Å²) >= 11 is 0. The molecule has 0 aromatic carbocycles. The van der Waals surface area contributed by atoms with E-state index in [1.165, 1.54) is 0 Å². The summed E-state index contributed by atoms with van der Waals surface area (Å²) < 4.78 is 6.00. The molecule has 2 saturated heterocycles. The van der Waals surface area contributed by atoms with Gasteiger partial charge in [0.1, 0.15) is 0 Å². The Kier molecular flexibility index (Phi) is 3.78. The monoisotopic (exact) mass is 242 g/mol. The molecule has 0 unspecified atom stereocenters. The quantitative estimate of drug-likeness (QED) is 0.744. The first-order valence-electron chi connectivity index (χ1n) is 6.68. The molecule has 4 heteroatoms. The van der Waals surface area contributed by atoms with Crippen LogP contribution in [0.3, 0.4) is 0 Å². The third kappa shape index (κ3) is 3.41. The van der Waals surface area contributed by atoms with Gasteiger partial charge in [0.05, 0.1) is 17.8 Å². The number of rotatable bonds is 2. The summed E-state index contributed by atoms with van der Waals surface area (Å²) in [5.74, 6) is 0. The minimum absolute atomic E-state index is 0.0948. The van der Waals surface area contributed by atoms with Crippen LogP contribution in [0.25, 0.3) is 0 Å². The van der Waals surface area contributed by atoms with Crippen molar-refractivity contribution in [2.75, 3.05) is 19.6 Å². The number of hydrogen-bond donors (Lipinski definition) is 2. The zero-order valence-corrected chi connectivity index (χ0v) is 11.4. The Balaban J connectivity index is 1.87. The van der Waals surface area contributed by atoms with E-state index in [0.29, 0.717) is 12.1 Å². The van der Waals surface area contributed by atoms with Crippen molar-refractivity contribution in [1.29, 1.82) is 0 Å². The molecule has 0 bridgehead atoms. The molecule has 2 aliphatic rings. The van der Waals surface area contributed by atoms with Crippen LogP contribution in [0.5, 0.6) is 0 Å². The average molecular weight is 242 g/mol. The van der Waals surface area contributed by atoms with Gasteiger partial charge in [0, 0.05) is 31.7 Å². The molecule has 17 heavy (non-hydrogen) atoms. The van der Waals surface area contributed by atoms with Crippen molar-refractivity contribution in [2.45, 2.75) is 64.0 Å². The maximum atomic E-state index is 9.67. The molecule has 2 aliphatic heterocycles. The number of fused-ring (bicyclic) bond motifs is 1. The van der Waals surface area contributed by atoms with Crippen LogP contribution in [-0.2, 0) is 4.74 Å². The zero-order valence-electron chi connectivity index (χ0n) is 11.4. The van der Waals surface area contributed by atoms with E-state index < -0.39 is 0 Å². The lowest BCUT2D eigenvalue weighted by Crippen LogP contribution is -2.58. The van der Waals surface area contributed by atoms with Crippen LogP contribution in [0.15, 0.2) is 0 Å². The maximum Gasteiger partial charge on any atom is 0.0719 e. The lowest BCUT2D eigenvalue weighted by Gasteiger charge is -2.40. The van der Waals surface area contributed by atoms with E-state index in [2.05, 4.69) is 37.9 Å². The van der Waals surface area contributed by atoms with Gasteiger partial charge in [-0.15, -0.1) is 0 Å². The zero-order chi connectivity index (χ0) is 12.6. The molecular formula is C13H26N2O2. The van der Waals surface area contributed by atoms with Gasteiger partial charge < -0.3 is 15.2 Å². The average Bonchev–Trinajstić information content (AvgIpc) is 2.53. The molecule has 2 heterocycles. The van der Waals surface area contributed by atoms with Gasteiger partial charge in [-0.1, -0.05) is 0 Å². The Morgan fingerprint density at radius 3 is 2.71 bits per heavy atom. The molecule has 0 aromatic rings. The number of piperazine rings is 1. The van der Waals surface area contributed by atoms with Crippen molar-refractivity contribution >= 4 is 0 Å². The smallest absolute Gasteiger partial charge is 0.0719 e. The van der Waals surface area contributed by atoms with E-state index in [4.69, 9.17) is 4.74 Å². The molecule has 2 N–H and O–H groups in total. The third-order valence-electron chi connectivity index (χ3n) is 3.66. The summed E-state index contributed by atoms with van der Waals surface area (Å²) in [6.07, 6.45) is 0.974. The maximum absolute atomic E-state index is 9.67. The molecule has 2 rings (SSSR count). The molecular weight excluding hydrogens is 216 g/mol. The fourth-order valence-corrected chi connectivity index (χ4v) is 2.95. The topological polar surface area (TPSA) is 44.7 Å². The van der Waals surface area contributed by atoms with Crippen LogP contribution in [0.2, 0.25) is 0 Å². The highest BCUT2D eigenvalue weighted by Crippen LogP contribution is 2.23. The highest BCUT2D eigenvalue weighted by atomic mass is 16.5. The summed E-state index contributed by atoms with van der Waals surface area (Å²) in [7, 11) is 0. The molecule has 0 aromatic heterocycles. The summed E-state index contributed by atoms with van der Waals surface area (Å²) in [5.41, 5.74) is -0.0948. The third-order valence-corrected chi connectivity index (χ3v) is 3.66. The number of nitrogens with one attached hydrogen (secondary N) is 1. The van der Waals surface area contributed by atoms with Crippen molar-refractivity contribution in [1.82, 2.24) is 10.2 Å². The second kappa shape index (κ2) is 4.84. The first-order valence-corrected chi connectivity index (χ1v) is 6.68. The second-order valence-electron chi connectivity index (χ2n) is 6.45. The lowest BCUT2D eigenvalue weighted by atomic mass is 10.1. The van der Waals surface area contributed by atoms with E-state index in [1.54, 1.807) is 0 Å². The van der Waals surface area contributed by atoms with Crippen molar-refractivity contribution in [3.63, 3.8) is 0 Å². The molecule has 0 radical (unpaired) electrons. The molecule has 0 aliphatic carbocycles. The fourth-order valence-electron chi connectivity index (χ4n) is 2.95. The van der Waals surface area contributed by atoms with Crippen LogP contribution < -0.4 is 5.32 Å². The summed E-state index contributed by atoms with van der Waals surface area (Å²) in [5, 5.41) is 13.2. The molecule has 0 saturated carbocycles. The molecule has 2 fully saturated rings. The molecule has 4 atom stereocenters. The number of ether oxygens (including phenoxy) is 1.